The molecule has 1 aliphatic rings. The van der Waals surface area contributed by atoms with Crippen LogP contribution in [-0.4, -0.2) is 57.7 Å². The Labute approximate surface area is 166 Å². The van der Waals surface area contributed by atoms with Crippen LogP contribution in [0.2, 0.25) is 0 Å². The maximum atomic E-state index is 13.0. The fourth-order valence-electron chi connectivity index (χ4n) is 3.73. The van der Waals surface area contributed by atoms with Crippen LogP contribution in [0.15, 0.2) is 36.5 Å². The number of ether oxygens (including phenoxy) is 1. The Hall–Kier alpha value is -2.55. The third kappa shape index (κ3) is 3.96. The van der Waals surface area contributed by atoms with E-state index < -0.39 is 17.7 Å². The minimum absolute atomic E-state index is 0.0134. The van der Waals surface area contributed by atoms with Crippen LogP contribution in [0.5, 0.6) is 5.75 Å². The Morgan fingerprint density at radius 1 is 1.24 bits per heavy atom. The lowest BCUT2D eigenvalue weighted by Gasteiger charge is -2.40. The zero-order chi connectivity index (χ0) is 21.4. The Morgan fingerprint density at radius 2 is 1.90 bits per heavy atom. The summed E-state index contributed by atoms with van der Waals surface area (Å²) >= 11 is 0. The molecule has 3 rings (SSSR count). The predicted molar refractivity (Wildman–Crippen MR) is 99.9 cm³/mol. The van der Waals surface area contributed by atoms with Crippen molar-refractivity contribution in [2.45, 2.75) is 38.0 Å². The fourth-order valence-corrected chi connectivity index (χ4v) is 3.73. The van der Waals surface area contributed by atoms with Crippen LogP contribution in [0.3, 0.4) is 0 Å². The number of benzene rings is 1. The largest absolute Gasteiger partial charge is 0.497 e. The van der Waals surface area contributed by atoms with Gasteiger partial charge in [0, 0.05) is 30.9 Å². The van der Waals surface area contributed by atoms with Crippen molar-refractivity contribution in [3.05, 3.63) is 42.2 Å². The molecule has 1 fully saturated rings. The quantitative estimate of drug-likeness (QED) is 0.840. The van der Waals surface area contributed by atoms with Crippen LogP contribution < -0.4 is 4.74 Å². The number of aromatic nitrogens is 2. The van der Waals surface area contributed by atoms with Gasteiger partial charge >= 0.3 is 6.18 Å². The normalized spacial score (nSPS) is 22.2. The molecule has 2 aromatic rings. The van der Waals surface area contributed by atoms with Crippen molar-refractivity contribution in [3.63, 3.8) is 0 Å². The highest BCUT2D eigenvalue weighted by atomic mass is 19.4. The molecule has 9 heteroatoms. The third-order valence-electron chi connectivity index (χ3n) is 5.53. The smallest absolute Gasteiger partial charge is 0.426 e. The highest BCUT2D eigenvalue weighted by Gasteiger charge is 2.57. The van der Waals surface area contributed by atoms with E-state index in [9.17, 15) is 23.1 Å². The average molecular weight is 411 g/mol. The molecule has 1 N–H and O–H groups in total. The lowest BCUT2D eigenvalue weighted by molar-refractivity contribution is -0.250. The summed E-state index contributed by atoms with van der Waals surface area (Å²) in [4.78, 5) is 13.4. The minimum atomic E-state index is -5.02. The molecule has 3 atom stereocenters. The van der Waals surface area contributed by atoms with Crippen molar-refractivity contribution in [1.82, 2.24) is 14.7 Å². The highest BCUT2D eigenvalue weighted by Crippen LogP contribution is 2.37. The zero-order valence-corrected chi connectivity index (χ0v) is 16.5. The van der Waals surface area contributed by atoms with Crippen LogP contribution >= 0.6 is 0 Å². The summed E-state index contributed by atoms with van der Waals surface area (Å²) in [6.45, 7) is 2.65. The first kappa shape index (κ1) is 21.2. The Balaban J connectivity index is 1.77. The first-order valence-corrected chi connectivity index (χ1v) is 9.33. The molecule has 1 saturated heterocycles. The van der Waals surface area contributed by atoms with Crippen molar-refractivity contribution >= 4 is 5.91 Å². The molecule has 6 nitrogen and oxygen atoms in total. The number of amides is 1. The van der Waals surface area contributed by atoms with Gasteiger partial charge in [0.15, 0.2) is 0 Å². The number of hydrogen-bond donors (Lipinski definition) is 1. The van der Waals surface area contributed by atoms with E-state index in [2.05, 4.69) is 5.10 Å². The molecule has 2 heterocycles. The molecule has 0 bridgehead atoms. The average Bonchev–Trinajstić information content (AvgIpc) is 3.16. The highest BCUT2D eigenvalue weighted by molar-refractivity contribution is 5.85. The molecule has 0 radical (unpaired) electrons. The van der Waals surface area contributed by atoms with Crippen molar-refractivity contribution in [1.29, 1.82) is 0 Å². The maximum Gasteiger partial charge on any atom is 0.426 e. The molecule has 0 saturated carbocycles. The fraction of sp³-hybridized carbons (Fsp3) is 0.500. The summed E-state index contributed by atoms with van der Waals surface area (Å²) in [5.74, 6) is -0.678. The first-order chi connectivity index (χ1) is 13.6. The van der Waals surface area contributed by atoms with Crippen molar-refractivity contribution in [3.8, 4) is 11.4 Å². The Morgan fingerprint density at radius 3 is 2.45 bits per heavy atom. The monoisotopic (exact) mass is 411 g/mol. The van der Waals surface area contributed by atoms with Gasteiger partial charge in [-0.15, -0.1) is 0 Å². The number of rotatable bonds is 4. The minimum Gasteiger partial charge on any atom is -0.497 e. The van der Waals surface area contributed by atoms with E-state index in [0.717, 1.165) is 22.0 Å². The summed E-state index contributed by atoms with van der Waals surface area (Å²) in [5, 5.41) is 14.1. The summed E-state index contributed by atoms with van der Waals surface area (Å²) in [7, 11) is 1.58. The molecule has 158 valence electrons. The number of methoxy groups -OCH3 is 1. The van der Waals surface area contributed by atoms with E-state index in [1.807, 2.05) is 37.3 Å². The predicted octanol–water partition coefficient (Wildman–Crippen LogP) is 3.15. The Kier molecular flexibility index (Phi) is 5.62. The molecule has 0 spiro atoms. The number of carbonyl (C=O) groups is 1. The van der Waals surface area contributed by atoms with Gasteiger partial charge < -0.3 is 14.7 Å². The molecular weight excluding hydrogens is 387 g/mol. The number of likely N-dealkylation sites (tertiary alicyclic amines) is 1. The number of piperidine rings is 1. The number of alkyl halides is 3. The van der Waals surface area contributed by atoms with Gasteiger partial charge in [-0.1, -0.05) is 6.92 Å². The molecule has 1 amide bonds. The zero-order valence-electron chi connectivity index (χ0n) is 16.5. The van der Waals surface area contributed by atoms with E-state index in [4.69, 9.17) is 4.74 Å². The van der Waals surface area contributed by atoms with Crippen molar-refractivity contribution < 1.29 is 27.8 Å². The van der Waals surface area contributed by atoms with E-state index in [1.54, 1.807) is 18.0 Å². The van der Waals surface area contributed by atoms with E-state index in [-0.39, 0.29) is 24.9 Å². The SMILES string of the molecule is COc1ccc(-n2nccc2[C@H]2CCN(C(=O)C(C)(O)C(F)(F)F)C[C@H]2C)cc1. The summed E-state index contributed by atoms with van der Waals surface area (Å²) < 4.78 is 46.0. The van der Waals surface area contributed by atoms with Crippen molar-refractivity contribution in [2.24, 2.45) is 5.92 Å². The van der Waals surface area contributed by atoms with Gasteiger partial charge in [-0.2, -0.15) is 18.3 Å². The van der Waals surface area contributed by atoms with Gasteiger partial charge in [0.05, 0.1) is 12.8 Å². The van der Waals surface area contributed by atoms with Crippen LogP contribution in [0.4, 0.5) is 13.2 Å². The number of hydrogen-bond acceptors (Lipinski definition) is 4. The van der Waals surface area contributed by atoms with Crippen LogP contribution in [0.25, 0.3) is 5.69 Å². The first-order valence-electron chi connectivity index (χ1n) is 9.33. The topological polar surface area (TPSA) is 67.6 Å². The van der Waals surface area contributed by atoms with Gasteiger partial charge in [0.1, 0.15) is 5.75 Å². The number of nitrogens with zero attached hydrogens (tertiary/aromatic N) is 3. The second-order valence-electron chi connectivity index (χ2n) is 7.56. The van der Waals surface area contributed by atoms with Crippen molar-refractivity contribution in [2.75, 3.05) is 20.2 Å². The summed E-state index contributed by atoms with van der Waals surface area (Å²) in [6, 6.07) is 9.28. The second kappa shape index (κ2) is 7.70. The van der Waals surface area contributed by atoms with E-state index in [0.29, 0.717) is 13.3 Å². The van der Waals surface area contributed by atoms with Crippen LogP contribution in [0.1, 0.15) is 31.9 Å². The van der Waals surface area contributed by atoms with Gasteiger partial charge in [0.2, 0.25) is 5.60 Å². The molecule has 1 aromatic heterocycles. The van der Waals surface area contributed by atoms with Gasteiger partial charge in [-0.3, -0.25) is 4.79 Å². The number of aliphatic hydroxyl groups is 1. The lowest BCUT2D eigenvalue weighted by atomic mass is 9.83. The number of carbonyl (C=O) groups excluding carboxylic acids is 1. The number of halogens is 3. The molecule has 1 aromatic carbocycles. The maximum absolute atomic E-state index is 13.0. The molecule has 0 aliphatic carbocycles. The molecule has 1 aliphatic heterocycles. The molecular formula is C20H24F3N3O3. The molecule has 1 unspecified atom stereocenters. The Bertz CT molecular complexity index is 862. The van der Waals surface area contributed by atoms with Gasteiger partial charge in [0.25, 0.3) is 5.91 Å². The second-order valence-corrected chi connectivity index (χ2v) is 7.56. The standard InChI is InChI=1S/C20H24F3N3O3/c1-13-12-25(18(27)19(2,28)20(21,22)23)11-9-16(13)17-8-10-24-26(17)14-4-6-15(29-3)7-5-14/h4-8,10,13,16,28H,9,11-12H2,1-3H3/t13-,16+,19?/m1/s1. The van der Waals surface area contributed by atoms with E-state index in [1.165, 1.54) is 0 Å². The van der Waals surface area contributed by atoms with Gasteiger partial charge in [-0.25, -0.2) is 4.68 Å². The molecule has 29 heavy (non-hydrogen) atoms. The summed E-state index contributed by atoms with van der Waals surface area (Å²) in [5.41, 5.74) is -1.61. The lowest BCUT2D eigenvalue weighted by Crippen LogP contribution is -2.58. The third-order valence-corrected chi connectivity index (χ3v) is 5.53. The van der Waals surface area contributed by atoms with Crippen LogP contribution in [0, 0.1) is 5.92 Å². The van der Waals surface area contributed by atoms with E-state index >= 15 is 0 Å². The van der Waals surface area contributed by atoms with Gasteiger partial charge in [-0.05, 0) is 49.6 Å². The van der Waals surface area contributed by atoms with Crippen LogP contribution in [-0.2, 0) is 4.79 Å². The summed E-state index contributed by atoms with van der Waals surface area (Å²) in [6.07, 6.45) is -2.86.